The van der Waals surface area contributed by atoms with Crippen molar-refractivity contribution < 1.29 is 4.79 Å². The zero-order chi connectivity index (χ0) is 17.1. The predicted molar refractivity (Wildman–Crippen MR) is 93.4 cm³/mol. The van der Waals surface area contributed by atoms with Crippen molar-refractivity contribution in [1.29, 1.82) is 0 Å². The lowest BCUT2D eigenvalue weighted by atomic mass is 10.2. The fraction of sp³-hybridized carbons (Fsp3) is 0.222. The van der Waals surface area contributed by atoms with E-state index in [2.05, 4.69) is 15.3 Å². The quantitative estimate of drug-likeness (QED) is 0.801. The Morgan fingerprint density at radius 3 is 2.67 bits per heavy atom. The molecule has 1 amide bonds. The summed E-state index contributed by atoms with van der Waals surface area (Å²) in [6.07, 6.45) is 2.91. The summed E-state index contributed by atoms with van der Waals surface area (Å²) in [6.45, 7) is 3.73. The van der Waals surface area contributed by atoms with E-state index in [1.165, 1.54) is 0 Å². The van der Waals surface area contributed by atoms with Crippen LogP contribution in [0.5, 0.6) is 0 Å². The average molecular weight is 322 g/mol. The van der Waals surface area contributed by atoms with Gasteiger partial charge < -0.3 is 5.32 Å². The number of nitrogens with zero attached hydrogens (tertiary/aromatic N) is 3. The van der Waals surface area contributed by atoms with Gasteiger partial charge in [-0.05, 0) is 49.7 Å². The second kappa shape index (κ2) is 6.62. The number of carbonyl (C=O) groups excluding carboxylic acids is 1. The molecule has 122 valence electrons. The smallest absolute Gasteiger partial charge is 0.267 e. The molecule has 0 saturated heterocycles. The monoisotopic (exact) mass is 322 g/mol. The van der Waals surface area contributed by atoms with Gasteiger partial charge in [-0.2, -0.15) is 0 Å². The molecule has 0 saturated carbocycles. The Morgan fingerprint density at radius 2 is 1.96 bits per heavy atom. The Hall–Kier alpha value is -3.02. The standard InChI is InChI=1S/C18H18N4O2/c1-3-5-16(23)21-13-7-9-14(10-8-13)22-12(2)20-17-15(18(22)24)6-4-11-19-17/h4,6-11H,3,5H2,1-2H3,(H,21,23). The maximum Gasteiger partial charge on any atom is 0.267 e. The molecule has 0 aliphatic rings. The Labute approximate surface area is 139 Å². The molecule has 1 aromatic carbocycles. The summed E-state index contributed by atoms with van der Waals surface area (Å²) in [5, 5.41) is 3.30. The highest BCUT2D eigenvalue weighted by molar-refractivity contribution is 5.90. The lowest BCUT2D eigenvalue weighted by Crippen LogP contribution is -2.22. The van der Waals surface area contributed by atoms with Crippen LogP contribution in [0.4, 0.5) is 5.69 Å². The van der Waals surface area contributed by atoms with Crippen LogP contribution >= 0.6 is 0 Å². The van der Waals surface area contributed by atoms with E-state index in [1.807, 2.05) is 6.92 Å². The maximum absolute atomic E-state index is 12.7. The van der Waals surface area contributed by atoms with Gasteiger partial charge in [-0.15, -0.1) is 0 Å². The zero-order valence-electron chi connectivity index (χ0n) is 13.6. The van der Waals surface area contributed by atoms with E-state index in [0.717, 1.165) is 6.42 Å². The minimum absolute atomic E-state index is 0.0166. The molecule has 0 bridgehead atoms. The molecule has 0 unspecified atom stereocenters. The van der Waals surface area contributed by atoms with Gasteiger partial charge in [0.25, 0.3) is 5.56 Å². The van der Waals surface area contributed by atoms with Crippen molar-refractivity contribution in [3.63, 3.8) is 0 Å². The van der Waals surface area contributed by atoms with Crippen molar-refractivity contribution >= 4 is 22.6 Å². The number of carbonyl (C=O) groups is 1. The number of aryl methyl sites for hydroxylation is 1. The fourth-order valence-corrected chi connectivity index (χ4v) is 2.57. The molecule has 1 N–H and O–H groups in total. The van der Waals surface area contributed by atoms with Crippen molar-refractivity contribution in [2.24, 2.45) is 0 Å². The van der Waals surface area contributed by atoms with Crippen molar-refractivity contribution in [2.45, 2.75) is 26.7 Å². The van der Waals surface area contributed by atoms with Gasteiger partial charge in [0.05, 0.1) is 11.1 Å². The van der Waals surface area contributed by atoms with E-state index in [0.29, 0.717) is 34.7 Å². The Kier molecular flexibility index (Phi) is 4.37. The van der Waals surface area contributed by atoms with Crippen LogP contribution in [-0.4, -0.2) is 20.4 Å². The third-order valence-corrected chi connectivity index (χ3v) is 3.70. The second-order valence-electron chi connectivity index (χ2n) is 5.52. The van der Waals surface area contributed by atoms with Crippen LogP contribution in [0.25, 0.3) is 16.7 Å². The first-order chi connectivity index (χ1) is 11.6. The number of hydrogen-bond donors (Lipinski definition) is 1. The highest BCUT2D eigenvalue weighted by atomic mass is 16.1. The number of anilines is 1. The number of hydrogen-bond acceptors (Lipinski definition) is 4. The minimum Gasteiger partial charge on any atom is -0.326 e. The largest absolute Gasteiger partial charge is 0.326 e. The van der Waals surface area contributed by atoms with Gasteiger partial charge in [-0.3, -0.25) is 14.2 Å². The Morgan fingerprint density at radius 1 is 1.21 bits per heavy atom. The number of amides is 1. The molecule has 2 heterocycles. The topological polar surface area (TPSA) is 76.9 Å². The molecule has 24 heavy (non-hydrogen) atoms. The van der Waals surface area contributed by atoms with Gasteiger partial charge in [0.2, 0.25) is 5.91 Å². The number of nitrogens with one attached hydrogen (secondary N) is 1. The molecule has 0 fully saturated rings. The van der Waals surface area contributed by atoms with E-state index in [1.54, 1.807) is 54.1 Å². The van der Waals surface area contributed by atoms with Gasteiger partial charge >= 0.3 is 0 Å². The molecule has 0 aliphatic carbocycles. The number of aromatic nitrogens is 3. The number of fused-ring (bicyclic) bond motifs is 1. The third-order valence-electron chi connectivity index (χ3n) is 3.70. The van der Waals surface area contributed by atoms with Gasteiger partial charge in [-0.25, -0.2) is 9.97 Å². The van der Waals surface area contributed by atoms with Crippen molar-refractivity contribution in [2.75, 3.05) is 5.32 Å². The average Bonchev–Trinajstić information content (AvgIpc) is 2.56. The Bertz CT molecular complexity index is 945. The predicted octanol–water partition coefficient (Wildman–Crippen LogP) is 2.83. The SMILES string of the molecule is CCCC(=O)Nc1ccc(-n2c(C)nc3ncccc3c2=O)cc1. The highest BCUT2D eigenvalue weighted by Gasteiger charge is 2.10. The van der Waals surface area contributed by atoms with Crippen LogP contribution < -0.4 is 10.9 Å². The summed E-state index contributed by atoms with van der Waals surface area (Å²) in [6, 6.07) is 10.6. The molecule has 6 heteroatoms. The third kappa shape index (κ3) is 3.03. The van der Waals surface area contributed by atoms with E-state index in [4.69, 9.17) is 0 Å². The lowest BCUT2D eigenvalue weighted by Gasteiger charge is -2.11. The molecule has 3 rings (SSSR count). The molecule has 0 spiro atoms. The minimum atomic E-state index is -0.159. The molecule has 6 nitrogen and oxygen atoms in total. The number of rotatable bonds is 4. The van der Waals surface area contributed by atoms with E-state index < -0.39 is 0 Å². The molecule has 0 aliphatic heterocycles. The van der Waals surface area contributed by atoms with Crippen LogP contribution in [0, 0.1) is 6.92 Å². The number of benzene rings is 1. The highest BCUT2D eigenvalue weighted by Crippen LogP contribution is 2.15. The summed E-state index contributed by atoms with van der Waals surface area (Å²) in [4.78, 5) is 32.9. The van der Waals surface area contributed by atoms with Gasteiger partial charge in [-0.1, -0.05) is 6.92 Å². The zero-order valence-corrected chi connectivity index (χ0v) is 13.6. The van der Waals surface area contributed by atoms with Gasteiger partial charge in [0, 0.05) is 18.3 Å². The van der Waals surface area contributed by atoms with Crippen LogP contribution in [0.3, 0.4) is 0 Å². The summed E-state index contributed by atoms with van der Waals surface area (Å²) < 4.78 is 1.54. The van der Waals surface area contributed by atoms with E-state index in [-0.39, 0.29) is 11.5 Å². The van der Waals surface area contributed by atoms with Crippen molar-refractivity contribution in [3.05, 3.63) is 58.8 Å². The molecular weight excluding hydrogens is 304 g/mol. The lowest BCUT2D eigenvalue weighted by molar-refractivity contribution is -0.116. The normalized spacial score (nSPS) is 10.8. The first kappa shape index (κ1) is 15.9. The summed E-state index contributed by atoms with van der Waals surface area (Å²) in [7, 11) is 0. The molecular formula is C18H18N4O2. The summed E-state index contributed by atoms with van der Waals surface area (Å²) >= 11 is 0. The number of pyridine rings is 1. The van der Waals surface area contributed by atoms with Crippen molar-refractivity contribution in [1.82, 2.24) is 14.5 Å². The summed E-state index contributed by atoms with van der Waals surface area (Å²) in [5.41, 5.74) is 1.69. The molecule has 3 aromatic rings. The van der Waals surface area contributed by atoms with Crippen LogP contribution in [0.15, 0.2) is 47.4 Å². The van der Waals surface area contributed by atoms with E-state index >= 15 is 0 Å². The van der Waals surface area contributed by atoms with E-state index in [9.17, 15) is 9.59 Å². The summed E-state index contributed by atoms with van der Waals surface area (Å²) in [5.74, 6) is 0.547. The van der Waals surface area contributed by atoms with Crippen LogP contribution in [0.2, 0.25) is 0 Å². The van der Waals surface area contributed by atoms with Gasteiger partial charge in [0.15, 0.2) is 5.65 Å². The van der Waals surface area contributed by atoms with Crippen LogP contribution in [-0.2, 0) is 4.79 Å². The second-order valence-corrected chi connectivity index (χ2v) is 5.52. The van der Waals surface area contributed by atoms with Crippen LogP contribution in [0.1, 0.15) is 25.6 Å². The first-order valence-corrected chi connectivity index (χ1v) is 7.85. The Balaban J connectivity index is 1.99. The molecule has 2 aromatic heterocycles. The maximum atomic E-state index is 12.7. The van der Waals surface area contributed by atoms with Gasteiger partial charge in [0.1, 0.15) is 5.82 Å². The first-order valence-electron chi connectivity index (χ1n) is 7.85. The molecule has 0 atom stereocenters. The van der Waals surface area contributed by atoms with Crippen molar-refractivity contribution in [3.8, 4) is 5.69 Å². The molecule has 0 radical (unpaired) electrons. The fourth-order valence-electron chi connectivity index (χ4n) is 2.57.